The van der Waals surface area contributed by atoms with Crippen LogP contribution in [0.15, 0.2) is 12.1 Å². The number of rotatable bonds is 4. The van der Waals surface area contributed by atoms with E-state index in [9.17, 15) is 19.3 Å². The van der Waals surface area contributed by atoms with Crippen LogP contribution >= 0.6 is 22.6 Å². The Bertz CT molecular complexity index is 538. The second-order valence-corrected chi connectivity index (χ2v) is 5.39. The zero-order valence-corrected chi connectivity index (χ0v) is 11.9. The predicted molar refractivity (Wildman–Crippen MR) is 75.4 cm³/mol. The summed E-state index contributed by atoms with van der Waals surface area (Å²) in [5.41, 5.74) is -0.0424. The minimum Gasteiger partial charge on any atom is -0.377 e. The normalized spacial score (nSPS) is 18.2. The van der Waals surface area contributed by atoms with Crippen molar-refractivity contribution in [3.05, 3.63) is 31.6 Å². The number of carbonyl (C=O) groups is 1. The number of carbonyl (C=O) groups excluding carboxylic acids is 1. The van der Waals surface area contributed by atoms with Gasteiger partial charge in [-0.3, -0.25) is 14.9 Å². The Morgan fingerprint density at radius 3 is 2.89 bits per heavy atom. The van der Waals surface area contributed by atoms with Crippen molar-refractivity contribution < 1.29 is 14.1 Å². The molecule has 1 fully saturated rings. The van der Waals surface area contributed by atoms with Crippen molar-refractivity contribution in [2.75, 3.05) is 11.9 Å². The number of anilines is 1. The van der Waals surface area contributed by atoms with Gasteiger partial charge in [-0.05, 0) is 29.0 Å². The molecule has 1 aromatic carbocycles. The third-order valence-electron chi connectivity index (χ3n) is 2.86. The van der Waals surface area contributed by atoms with Crippen LogP contribution in [0.5, 0.6) is 0 Å². The molecule has 1 amide bonds. The van der Waals surface area contributed by atoms with E-state index in [1.54, 1.807) is 22.6 Å². The van der Waals surface area contributed by atoms with E-state index in [1.807, 2.05) is 0 Å². The molecule has 102 valence electrons. The average molecular weight is 379 g/mol. The molecule has 0 bridgehead atoms. The molecule has 2 rings (SSSR count). The monoisotopic (exact) mass is 379 g/mol. The fourth-order valence-electron chi connectivity index (χ4n) is 1.89. The van der Waals surface area contributed by atoms with Crippen LogP contribution in [-0.4, -0.2) is 23.4 Å². The summed E-state index contributed by atoms with van der Waals surface area (Å²) in [6.45, 7) is 0.340. The molecular weight excluding hydrogens is 368 g/mol. The van der Waals surface area contributed by atoms with Gasteiger partial charge in [0.1, 0.15) is 11.5 Å². The highest BCUT2D eigenvalue weighted by Gasteiger charge is 2.22. The third kappa shape index (κ3) is 3.31. The van der Waals surface area contributed by atoms with E-state index in [4.69, 9.17) is 0 Å². The van der Waals surface area contributed by atoms with Crippen LogP contribution in [0.1, 0.15) is 12.8 Å². The van der Waals surface area contributed by atoms with Gasteiger partial charge in [0.25, 0.3) is 5.69 Å². The molecule has 0 aromatic heterocycles. The summed E-state index contributed by atoms with van der Waals surface area (Å²) < 4.78 is 13.6. The van der Waals surface area contributed by atoms with E-state index in [2.05, 4.69) is 10.6 Å². The van der Waals surface area contributed by atoms with Gasteiger partial charge >= 0.3 is 0 Å². The van der Waals surface area contributed by atoms with Crippen molar-refractivity contribution >= 4 is 39.9 Å². The van der Waals surface area contributed by atoms with Crippen molar-refractivity contribution in [3.8, 4) is 0 Å². The Hall–Kier alpha value is -1.45. The number of hydrogen-bond acceptors (Lipinski definition) is 4. The lowest BCUT2D eigenvalue weighted by Crippen LogP contribution is -2.31. The number of nitro benzene ring substituents is 1. The molecule has 1 aliphatic rings. The molecule has 1 saturated heterocycles. The SMILES string of the molecule is O=C1CCC(CNc2cc(F)c(I)cc2[N+](=O)[O-])N1. The van der Waals surface area contributed by atoms with E-state index < -0.39 is 10.7 Å². The lowest BCUT2D eigenvalue weighted by molar-refractivity contribution is -0.384. The predicted octanol–water partition coefficient (Wildman–Crippen LogP) is 2.03. The van der Waals surface area contributed by atoms with Crippen molar-refractivity contribution in [3.63, 3.8) is 0 Å². The first-order valence-electron chi connectivity index (χ1n) is 5.64. The number of nitro groups is 1. The van der Waals surface area contributed by atoms with Crippen LogP contribution in [-0.2, 0) is 4.79 Å². The first-order valence-corrected chi connectivity index (χ1v) is 6.72. The Balaban J connectivity index is 2.12. The van der Waals surface area contributed by atoms with Crippen LogP contribution in [0.25, 0.3) is 0 Å². The van der Waals surface area contributed by atoms with Crippen LogP contribution in [0.3, 0.4) is 0 Å². The smallest absolute Gasteiger partial charge is 0.293 e. The standard InChI is InChI=1S/C11H11FIN3O3/c12-7-3-9(10(16(18)19)4-8(7)13)14-5-6-1-2-11(17)15-6/h3-4,6,14H,1-2,5H2,(H,15,17). The lowest BCUT2D eigenvalue weighted by Gasteiger charge is -2.13. The zero-order chi connectivity index (χ0) is 14.0. The van der Waals surface area contributed by atoms with Crippen molar-refractivity contribution in [1.82, 2.24) is 5.32 Å². The fraction of sp³-hybridized carbons (Fsp3) is 0.364. The molecule has 1 atom stereocenters. The van der Waals surface area contributed by atoms with Gasteiger partial charge in [0.2, 0.25) is 5.91 Å². The summed E-state index contributed by atoms with van der Waals surface area (Å²) in [4.78, 5) is 21.4. The quantitative estimate of drug-likeness (QED) is 0.477. The summed E-state index contributed by atoms with van der Waals surface area (Å²) in [5.74, 6) is -0.542. The molecule has 1 unspecified atom stereocenters. The zero-order valence-electron chi connectivity index (χ0n) is 9.78. The van der Waals surface area contributed by atoms with Crippen LogP contribution in [0.2, 0.25) is 0 Å². The Morgan fingerprint density at radius 2 is 2.32 bits per heavy atom. The first-order chi connectivity index (χ1) is 8.97. The number of nitrogens with one attached hydrogen (secondary N) is 2. The van der Waals surface area contributed by atoms with Gasteiger partial charge in [0.05, 0.1) is 8.49 Å². The first kappa shape index (κ1) is 14.0. The van der Waals surface area contributed by atoms with Gasteiger partial charge in [-0.25, -0.2) is 4.39 Å². The van der Waals surface area contributed by atoms with Gasteiger partial charge in [-0.1, -0.05) is 0 Å². The highest BCUT2D eigenvalue weighted by atomic mass is 127. The molecule has 19 heavy (non-hydrogen) atoms. The molecule has 1 aromatic rings. The molecule has 1 heterocycles. The van der Waals surface area contributed by atoms with Crippen LogP contribution < -0.4 is 10.6 Å². The second kappa shape index (κ2) is 5.68. The van der Waals surface area contributed by atoms with Crippen LogP contribution in [0.4, 0.5) is 15.8 Å². The third-order valence-corrected chi connectivity index (χ3v) is 3.69. The maximum atomic E-state index is 13.4. The molecule has 2 N–H and O–H groups in total. The summed E-state index contributed by atoms with van der Waals surface area (Å²) in [7, 11) is 0. The summed E-state index contributed by atoms with van der Waals surface area (Å²) in [6, 6.07) is 2.22. The van der Waals surface area contributed by atoms with Crippen molar-refractivity contribution in [2.45, 2.75) is 18.9 Å². The molecule has 6 nitrogen and oxygen atoms in total. The molecule has 1 aliphatic heterocycles. The van der Waals surface area contributed by atoms with E-state index in [1.165, 1.54) is 6.07 Å². The topological polar surface area (TPSA) is 84.3 Å². The summed E-state index contributed by atoms with van der Waals surface area (Å²) in [5, 5.41) is 16.5. The highest BCUT2D eigenvalue weighted by molar-refractivity contribution is 14.1. The summed E-state index contributed by atoms with van der Waals surface area (Å²) >= 11 is 1.70. The maximum Gasteiger partial charge on any atom is 0.293 e. The highest BCUT2D eigenvalue weighted by Crippen LogP contribution is 2.28. The minimum atomic E-state index is -0.558. The number of halogens is 2. The number of hydrogen-bond donors (Lipinski definition) is 2. The van der Waals surface area contributed by atoms with Gasteiger partial charge in [-0.2, -0.15) is 0 Å². The molecular formula is C11H11FIN3O3. The second-order valence-electron chi connectivity index (χ2n) is 4.22. The molecule has 0 aliphatic carbocycles. The largest absolute Gasteiger partial charge is 0.377 e. The Kier molecular flexibility index (Phi) is 4.17. The summed E-state index contributed by atoms with van der Waals surface area (Å²) in [6.07, 6.45) is 1.13. The van der Waals surface area contributed by atoms with Gasteiger partial charge in [-0.15, -0.1) is 0 Å². The van der Waals surface area contributed by atoms with E-state index in [-0.39, 0.29) is 26.9 Å². The van der Waals surface area contributed by atoms with E-state index >= 15 is 0 Å². The van der Waals surface area contributed by atoms with E-state index in [0.29, 0.717) is 19.4 Å². The number of amides is 1. The molecule has 0 radical (unpaired) electrons. The Labute approximate surface area is 122 Å². The molecule has 8 heteroatoms. The van der Waals surface area contributed by atoms with Gasteiger partial charge < -0.3 is 10.6 Å². The fourth-order valence-corrected chi connectivity index (χ4v) is 2.34. The van der Waals surface area contributed by atoms with Crippen molar-refractivity contribution in [1.29, 1.82) is 0 Å². The minimum absolute atomic E-state index is 0.0323. The van der Waals surface area contributed by atoms with E-state index in [0.717, 1.165) is 6.07 Å². The van der Waals surface area contributed by atoms with Gasteiger partial charge in [0, 0.05) is 31.1 Å². The average Bonchev–Trinajstić information content (AvgIpc) is 2.76. The van der Waals surface area contributed by atoms with Crippen LogP contribution in [0, 0.1) is 19.5 Å². The van der Waals surface area contributed by atoms with Gasteiger partial charge in [0.15, 0.2) is 0 Å². The number of nitrogens with zero attached hydrogens (tertiary/aromatic N) is 1. The molecule has 0 spiro atoms. The Morgan fingerprint density at radius 1 is 1.58 bits per heavy atom. The number of benzene rings is 1. The molecule has 0 saturated carbocycles. The lowest BCUT2D eigenvalue weighted by atomic mass is 10.2. The van der Waals surface area contributed by atoms with Crippen molar-refractivity contribution in [2.24, 2.45) is 0 Å². The maximum absolute atomic E-state index is 13.4.